The van der Waals surface area contributed by atoms with E-state index in [-0.39, 0.29) is 0 Å². The molecule has 100 valence electrons. The van der Waals surface area contributed by atoms with Gasteiger partial charge in [-0.25, -0.2) is 9.59 Å². The fourth-order valence-corrected chi connectivity index (χ4v) is 1.08. The Bertz CT molecular complexity index is 279. The van der Waals surface area contributed by atoms with E-state index in [0.717, 1.165) is 0 Å². The van der Waals surface area contributed by atoms with Gasteiger partial charge in [0.2, 0.25) is 0 Å². The molecular formula is C12H24N2O3. The van der Waals surface area contributed by atoms with Gasteiger partial charge in [0.25, 0.3) is 0 Å². The molecule has 5 heteroatoms. The van der Waals surface area contributed by atoms with Crippen molar-refractivity contribution in [3.63, 3.8) is 0 Å². The van der Waals surface area contributed by atoms with Gasteiger partial charge in [-0.15, -0.1) is 0 Å². The molecule has 0 fully saturated rings. The maximum atomic E-state index is 11.6. The minimum atomic E-state index is -1.20. The zero-order chi connectivity index (χ0) is 13.6. The van der Waals surface area contributed by atoms with Crippen molar-refractivity contribution in [3.8, 4) is 0 Å². The van der Waals surface area contributed by atoms with Crippen molar-refractivity contribution in [1.29, 1.82) is 0 Å². The summed E-state index contributed by atoms with van der Waals surface area (Å²) in [5, 5.41) is 14.2. The van der Waals surface area contributed by atoms with Gasteiger partial charge in [0.05, 0.1) is 0 Å². The van der Waals surface area contributed by atoms with E-state index in [1.807, 2.05) is 6.92 Å². The third kappa shape index (κ3) is 5.06. The van der Waals surface area contributed by atoms with Crippen LogP contribution in [0.5, 0.6) is 0 Å². The normalized spacial score (nSPS) is 16.1. The van der Waals surface area contributed by atoms with Crippen LogP contribution in [0.3, 0.4) is 0 Å². The van der Waals surface area contributed by atoms with E-state index in [4.69, 9.17) is 5.11 Å². The smallest absolute Gasteiger partial charge is 0.329 e. The molecule has 2 unspecified atom stereocenters. The lowest BCUT2D eigenvalue weighted by atomic mass is 9.98. The maximum absolute atomic E-state index is 11.6. The number of hydrogen-bond donors (Lipinski definition) is 3. The molecule has 17 heavy (non-hydrogen) atoms. The third-order valence-electron chi connectivity index (χ3n) is 3.29. The van der Waals surface area contributed by atoms with Gasteiger partial charge in [-0.1, -0.05) is 27.7 Å². The fourth-order valence-electron chi connectivity index (χ4n) is 1.08. The molecule has 0 rings (SSSR count). The van der Waals surface area contributed by atoms with E-state index in [1.165, 1.54) is 6.92 Å². The highest BCUT2D eigenvalue weighted by Crippen LogP contribution is 2.10. The predicted octanol–water partition coefficient (Wildman–Crippen LogP) is 1.83. The highest BCUT2D eigenvalue weighted by atomic mass is 16.4. The van der Waals surface area contributed by atoms with Gasteiger partial charge in [0.1, 0.15) is 5.54 Å². The first-order valence-corrected chi connectivity index (χ1v) is 6.02. The second-order valence-electron chi connectivity index (χ2n) is 5.05. The molecule has 0 aromatic rings. The number of rotatable bonds is 6. The average molecular weight is 244 g/mol. The Balaban J connectivity index is 4.22. The average Bonchev–Trinajstić information content (AvgIpc) is 2.25. The highest BCUT2D eigenvalue weighted by molar-refractivity contribution is 5.85. The van der Waals surface area contributed by atoms with Crippen molar-refractivity contribution in [2.24, 2.45) is 11.8 Å². The van der Waals surface area contributed by atoms with Gasteiger partial charge in [-0.3, -0.25) is 0 Å². The summed E-state index contributed by atoms with van der Waals surface area (Å²) in [7, 11) is 0. The van der Waals surface area contributed by atoms with Crippen LogP contribution in [0.4, 0.5) is 4.79 Å². The molecular weight excluding hydrogens is 220 g/mol. The number of urea groups is 1. The van der Waals surface area contributed by atoms with Crippen LogP contribution >= 0.6 is 0 Å². The van der Waals surface area contributed by atoms with Crippen LogP contribution < -0.4 is 10.6 Å². The maximum Gasteiger partial charge on any atom is 0.329 e. The Kier molecular flexibility index (Phi) is 5.99. The van der Waals surface area contributed by atoms with E-state index in [9.17, 15) is 9.59 Å². The molecule has 0 heterocycles. The van der Waals surface area contributed by atoms with E-state index in [2.05, 4.69) is 24.5 Å². The monoisotopic (exact) mass is 244 g/mol. The molecule has 0 aromatic heterocycles. The molecule has 2 atom stereocenters. The lowest BCUT2D eigenvalue weighted by Gasteiger charge is -2.25. The van der Waals surface area contributed by atoms with Gasteiger partial charge in [0, 0.05) is 6.54 Å². The molecule has 0 spiro atoms. The van der Waals surface area contributed by atoms with Gasteiger partial charge in [-0.2, -0.15) is 0 Å². The summed E-state index contributed by atoms with van der Waals surface area (Å²) in [6.45, 7) is 9.98. The summed E-state index contributed by atoms with van der Waals surface area (Å²) in [4.78, 5) is 22.6. The van der Waals surface area contributed by atoms with Gasteiger partial charge >= 0.3 is 12.0 Å². The lowest BCUT2D eigenvalue weighted by Crippen LogP contribution is -2.55. The SMILES string of the molecule is CCC(C)(NC(=O)NCC(C)C(C)C)C(=O)O. The van der Waals surface area contributed by atoms with Crippen molar-refractivity contribution in [2.75, 3.05) is 6.54 Å². The second-order valence-corrected chi connectivity index (χ2v) is 5.05. The summed E-state index contributed by atoms with van der Waals surface area (Å²) in [5.74, 6) is -0.183. The second kappa shape index (κ2) is 6.47. The lowest BCUT2D eigenvalue weighted by molar-refractivity contribution is -0.143. The van der Waals surface area contributed by atoms with Gasteiger partial charge in [0.15, 0.2) is 0 Å². The Labute approximate surface area is 103 Å². The summed E-state index contributed by atoms with van der Waals surface area (Å²) < 4.78 is 0. The number of carbonyl (C=O) groups excluding carboxylic acids is 1. The van der Waals surface area contributed by atoms with Crippen LogP contribution in [0.2, 0.25) is 0 Å². The Morgan fingerprint density at radius 1 is 1.29 bits per heavy atom. The van der Waals surface area contributed by atoms with Crippen LogP contribution in [0.15, 0.2) is 0 Å². The van der Waals surface area contributed by atoms with Crippen molar-refractivity contribution in [2.45, 2.75) is 46.6 Å². The van der Waals surface area contributed by atoms with Crippen LogP contribution in [-0.2, 0) is 4.79 Å². The zero-order valence-corrected chi connectivity index (χ0v) is 11.3. The molecule has 0 aliphatic rings. The molecule has 0 saturated heterocycles. The topological polar surface area (TPSA) is 78.4 Å². The number of carboxylic acids is 1. The van der Waals surface area contributed by atoms with Crippen LogP contribution in [0.25, 0.3) is 0 Å². The molecule has 0 radical (unpaired) electrons. The Morgan fingerprint density at radius 3 is 2.18 bits per heavy atom. The first kappa shape index (κ1) is 15.7. The van der Waals surface area contributed by atoms with Crippen LogP contribution in [0.1, 0.15) is 41.0 Å². The number of carboxylic acid groups (broad SMARTS) is 1. The Hall–Kier alpha value is -1.26. The molecule has 2 amide bonds. The van der Waals surface area contributed by atoms with Crippen molar-refractivity contribution >= 4 is 12.0 Å². The number of carbonyl (C=O) groups is 2. The Morgan fingerprint density at radius 2 is 1.82 bits per heavy atom. The third-order valence-corrected chi connectivity index (χ3v) is 3.29. The first-order valence-electron chi connectivity index (χ1n) is 6.02. The number of amides is 2. The number of hydrogen-bond acceptors (Lipinski definition) is 2. The van der Waals surface area contributed by atoms with E-state index < -0.39 is 17.5 Å². The molecule has 0 aliphatic heterocycles. The summed E-state index contributed by atoms with van der Waals surface area (Å²) in [6, 6.07) is -0.427. The highest BCUT2D eigenvalue weighted by Gasteiger charge is 2.32. The first-order chi connectivity index (χ1) is 7.73. The van der Waals surface area contributed by atoms with Gasteiger partial charge in [-0.05, 0) is 25.2 Å². The minimum absolute atomic E-state index is 0.343. The standard InChI is InChI=1S/C12H24N2O3/c1-6-12(5,10(15)16)14-11(17)13-7-9(4)8(2)3/h8-9H,6-7H2,1-5H3,(H,15,16)(H2,13,14,17). The van der Waals surface area contributed by atoms with Crippen molar-refractivity contribution in [1.82, 2.24) is 10.6 Å². The largest absolute Gasteiger partial charge is 0.480 e. The summed E-state index contributed by atoms with van der Waals surface area (Å²) in [6.07, 6.45) is 0.343. The fraction of sp³-hybridized carbons (Fsp3) is 0.833. The van der Waals surface area contributed by atoms with Crippen molar-refractivity contribution < 1.29 is 14.7 Å². The minimum Gasteiger partial charge on any atom is -0.480 e. The molecule has 0 saturated carbocycles. The summed E-state index contributed by atoms with van der Waals surface area (Å²) in [5.41, 5.74) is -1.20. The molecule has 0 bridgehead atoms. The quantitative estimate of drug-likeness (QED) is 0.667. The molecule has 0 aromatic carbocycles. The van der Waals surface area contributed by atoms with E-state index in [1.54, 1.807) is 6.92 Å². The van der Waals surface area contributed by atoms with Crippen LogP contribution in [-0.4, -0.2) is 29.2 Å². The van der Waals surface area contributed by atoms with Crippen molar-refractivity contribution in [3.05, 3.63) is 0 Å². The molecule has 5 nitrogen and oxygen atoms in total. The van der Waals surface area contributed by atoms with E-state index in [0.29, 0.717) is 24.8 Å². The zero-order valence-electron chi connectivity index (χ0n) is 11.3. The predicted molar refractivity (Wildman–Crippen MR) is 66.9 cm³/mol. The van der Waals surface area contributed by atoms with Crippen LogP contribution in [0, 0.1) is 11.8 Å². The summed E-state index contributed by atoms with van der Waals surface area (Å²) >= 11 is 0. The molecule has 0 aliphatic carbocycles. The number of aliphatic carboxylic acids is 1. The number of nitrogens with one attached hydrogen (secondary N) is 2. The van der Waals surface area contributed by atoms with E-state index >= 15 is 0 Å². The molecule has 3 N–H and O–H groups in total. The van der Waals surface area contributed by atoms with Gasteiger partial charge < -0.3 is 15.7 Å².